The molecule has 3 rings (SSSR count). The zero-order valence-corrected chi connectivity index (χ0v) is 12.6. The average molecular weight is 269 g/mol. The van der Waals surface area contributed by atoms with Gasteiger partial charge in [0.05, 0.1) is 6.20 Å². The molecule has 1 aromatic heterocycles. The van der Waals surface area contributed by atoms with E-state index in [0.717, 1.165) is 6.54 Å². The Morgan fingerprint density at radius 3 is 2.90 bits per heavy atom. The van der Waals surface area contributed by atoms with Crippen LogP contribution in [0.4, 0.5) is 0 Å². The summed E-state index contributed by atoms with van der Waals surface area (Å²) < 4.78 is 1.95. The molecule has 1 aliphatic carbocycles. The van der Waals surface area contributed by atoms with Gasteiger partial charge in [0, 0.05) is 24.3 Å². The molecule has 0 saturated heterocycles. The molecule has 0 spiro atoms. The average Bonchev–Trinajstić information content (AvgIpc) is 3.02. The van der Waals surface area contributed by atoms with Crippen LogP contribution in [0.25, 0.3) is 11.1 Å². The van der Waals surface area contributed by atoms with Crippen molar-refractivity contribution < 1.29 is 0 Å². The molecule has 1 N–H and O–H groups in total. The molecule has 1 heterocycles. The minimum absolute atomic E-state index is 0.530. The maximum atomic E-state index is 4.39. The lowest BCUT2D eigenvalue weighted by atomic mass is 9.97. The number of aromatic nitrogens is 2. The lowest BCUT2D eigenvalue weighted by molar-refractivity contribution is 0.529. The Bertz CT molecular complexity index is 613. The number of rotatable bonds is 4. The highest BCUT2D eigenvalue weighted by atomic mass is 15.3. The van der Waals surface area contributed by atoms with Gasteiger partial charge in [-0.15, -0.1) is 0 Å². The maximum Gasteiger partial charge on any atom is 0.0571 e. The quantitative estimate of drug-likeness (QED) is 0.922. The first-order chi connectivity index (χ1) is 9.72. The number of nitrogens with zero attached hydrogens (tertiary/aromatic N) is 2. The van der Waals surface area contributed by atoms with Gasteiger partial charge < -0.3 is 5.32 Å². The monoisotopic (exact) mass is 269 g/mol. The highest BCUT2D eigenvalue weighted by Crippen LogP contribution is 2.38. The molecular formula is C17H23N3. The highest BCUT2D eigenvalue weighted by Gasteiger charge is 2.25. The van der Waals surface area contributed by atoms with E-state index in [1.165, 1.54) is 47.2 Å². The van der Waals surface area contributed by atoms with E-state index in [9.17, 15) is 0 Å². The van der Waals surface area contributed by atoms with E-state index in [2.05, 4.69) is 42.5 Å². The minimum atomic E-state index is 0.530. The van der Waals surface area contributed by atoms with Crippen molar-refractivity contribution in [3.05, 3.63) is 41.2 Å². The zero-order valence-electron chi connectivity index (χ0n) is 12.6. The molecule has 1 aromatic carbocycles. The summed E-state index contributed by atoms with van der Waals surface area (Å²) in [6.07, 6.45) is 5.57. The Hall–Kier alpha value is -1.61. The molecule has 20 heavy (non-hydrogen) atoms. The van der Waals surface area contributed by atoms with E-state index in [1.54, 1.807) is 0 Å². The number of benzene rings is 1. The number of aryl methyl sites for hydroxylation is 1. The first kappa shape index (κ1) is 13.4. The smallest absolute Gasteiger partial charge is 0.0571 e. The Morgan fingerprint density at radius 2 is 2.20 bits per heavy atom. The van der Waals surface area contributed by atoms with Gasteiger partial charge in [-0.25, -0.2) is 0 Å². The second-order valence-corrected chi connectivity index (χ2v) is 5.69. The second-order valence-electron chi connectivity index (χ2n) is 5.69. The van der Waals surface area contributed by atoms with E-state index in [1.807, 2.05) is 17.9 Å². The van der Waals surface area contributed by atoms with E-state index >= 15 is 0 Å². The van der Waals surface area contributed by atoms with Crippen LogP contribution in [-0.2, 0) is 13.5 Å². The van der Waals surface area contributed by atoms with Crippen LogP contribution in [0.1, 0.15) is 42.6 Å². The van der Waals surface area contributed by atoms with Crippen molar-refractivity contribution in [2.24, 2.45) is 7.05 Å². The third-order valence-electron chi connectivity index (χ3n) is 4.44. The number of nitrogens with one attached hydrogen (secondary N) is 1. The summed E-state index contributed by atoms with van der Waals surface area (Å²) in [6, 6.07) is 7.24. The van der Waals surface area contributed by atoms with Crippen molar-refractivity contribution in [1.82, 2.24) is 15.1 Å². The highest BCUT2D eigenvalue weighted by molar-refractivity contribution is 5.71. The van der Waals surface area contributed by atoms with Crippen LogP contribution in [-0.4, -0.2) is 16.3 Å². The van der Waals surface area contributed by atoms with Crippen LogP contribution < -0.4 is 5.32 Å². The molecule has 3 heteroatoms. The van der Waals surface area contributed by atoms with Crippen LogP contribution in [0.15, 0.2) is 24.4 Å². The molecule has 0 fully saturated rings. The van der Waals surface area contributed by atoms with Crippen molar-refractivity contribution in [2.45, 2.75) is 39.2 Å². The van der Waals surface area contributed by atoms with Crippen LogP contribution in [0.2, 0.25) is 0 Å². The van der Waals surface area contributed by atoms with Gasteiger partial charge in [-0.2, -0.15) is 5.10 Å². The molecule has 0 radical (unpaired) electrons. The summed E-state index contributed by atoms with van der Waals surface area (Å²) in [5.74, 6) is 0. The Labute approximate surface area is 121 Å². The van der Waals surface area contributed by atoms with Gasteiger partial charge in [-0.1, -0.05) is 25.1 Å². The second kappa shape index (κ2) is 5.41. The third-order valence-corrected chi connectivity index (χ3v) is 4.44. The lowest BCUT2D eigenvalue weighted by Crippen LogP contribution is -2.19. The number of hydrogen-bond donors (Lipinski definition) is 1. The fourth-order valence-corrected chi connectivity index (χ4v) is 3.20. The summed E-state index contributed by atoms with van der Waals surface area (Å²) in [7, 11) is 2.01. The van der Waals surface area contributed by atoms with E-state index in [4.69, 9.17) is 0 Å². The predicted octanol–water partition coefficient (Wildman–Crippen LogP) is 3.38. The van der Waals surface area contributed by atoms with Crippen LogP contribution in [0, 0.1) is 6.92 Å². The fraction of sp³-hybridized carbons (Fsp3) is 0.471. The van der Waals surface area contributed by atoms with Gasteiger partial charge >= 0.3 is 0 Å². The molecule has 1 unspecified atom stereocenters. The Balaban J connectivity index is 1.99. The van der Waals surface area contributed by atoms with Gasteiger partial charge in [0.2, 0.25) is 0 Å². The summed E-state index contributed by atoms with van der Waals surface area (Å²) in [4.78, 5) is 0. The van der Waals surface area contributed by atoms with Crippen molar-refractivity contribution in [1.29, 1.82) is 0 Å². The molecule has 0 bridgehead atoms. The fourth-order valence-electron chi connectivity index (χ4n) is 3.20. The standard InChI is InChI=1S/C17H23N3/c1-4-10-18-17-9-8-14-13(6-5-7-15(14)17)16-11-19-20(3)12(16)2/h5-7,11,17-18H,4,8-10H2,1-3H3. The van der Waals surface area contributed by atoms with Crippen LogP contribution in [0.3, 0.4) is 0 Å². The first-order valence-corrected chi connectivity index (χ1v) is 7.56. The Morgan fingerprint density at radius 1 is 1.35 bits per heavy atom. The van der Waals surface area contributed by atoms with Crippen molar-refractivity contribution in [3.63, 3.8) is 0 Å². The number of hydrogen-bond acceptors (Lipinski definition) is 2. The molecule has 3 nitrogen and oxygen atoms in total. The largest absolute Gasteiger partial charge is 0.310 e. The maximum absolute atomic E-state index is 4.39. The summed E-state index contributed by atoms with van der Waals surface area (Å²) in [5.41, 5.74) is 6.88. The van der Waals surface area contributed by atoms with Crippen molar-refractivity contribution in [3.8, 4) is 11.1 Å². The molecule has 0 saturated carbocycles. The van der Waals surface area contributed by atoms with E-state index in [-0.39, 0.29) is 0 Å². The summed E-state index contributed by atoms with van der Waals surface area (Å²) in [6.45, 7) is 5.46. The molecular weight excluding hydrogens is 246 g/mol. The van der Waals surface area contributed by atoms with Crippen molar-refractivity contribution >= 4 is 0 Å². The van der Waals surface area contributed by atoms with Gasteiger partial charge in [0.1, 0.15) is 0 Å². The van der Waals surface area contributed by atoms with E-state index in [0.29, 0.717) is 6.04 Å². The SMILES string of the molecule is CCCNC1CCc2c(-c3cnn(C)c3C)cccc21. The molecule has 1 aliphatic rings. The predicted molar refractivity (Wildman–Crippen MR) is 82.7 cm³/mol. The first-order valence-electron chi connectivity index (χ1n) is 7.56. The van der Waals surface area contributed by atoms with Gasteiger partial charge in [0.25, 0.3) is 0 Å². The van der Waals surface area contributed by atoms with E-state index < -0.39 is 0 Å². The topological polar surface area (TPSA) is 29.9 Å². The zero-order chi connectivity index (χ0) is 14.1. The minimum Gasteiger partial charge on any atom is -0.310 e. The molecule has 0 amide bonds. The lowest BCUT2D eigenvalue weighted by Gasteiger charge is -2.14. The van der Waals surface area contributed by atoms with Crippen LogP contribution in [0.5, 0.6) is 0 Å². The van der Waals surface area contributed by atoms with Gasteiger partial charge in [0.15, 0.2) is 0 Å². The van der Waals surface area contributed by atoms with Crippen molar-refractivity contribution in [2.75, 3.05) is 6.54 Å². The number of fused-ring (bicyclic) bond motifs is 1. The van der Waals surface area contributed by atoms with Crippen LogP contribution >= 0.6 is 0 Å². The third kappa shape index (κ3) is 2.16. The molecule has 106 valence electrons. The molecule has 2 aromatic rings. The summed E-state index contributed by atoms with van der Waals surface area (Å²) >= 11 is 0. The van der Waals surface area contributed by atoms with Gasteiger partial charge in [-0.3, -0.25) is 4.68 Å². The van der Waals surface area contributed by atoms with Gasteiger partial charge in [-0.05, 0) is 49.4 Å². The normalized spacial score (nSPS) is 17.4. The Kier molecular flexibility index (Phi) is 3.62. The molecule has 0 aliphatic heterocycles. The summed E-state index contributed by atoms with van der Waals surface area (Å²) in [5, 5.41) is 8.05. The molecule has 1 atom stereocenters.